The lowest BCUT2D eigenvalue weighted by Gasteiger charge is -2.38. The van der Waals surface area contributed by atoms with Gasteiger partial charge in [0.25, 0.3) is 0 Å². The number of rotatable bonds is 11. The van der Waals surface area contributed by atoms with E-state index in [4.69, 9.17) is 0 Å². The minimum atomic E-state index is 0.336. The number of hydrogen-bond donors (Lipinski definition) is 0. The van der Waals surface area contributed by atoms with Crippen LogP contribution < -0.4 is 0 Å². The van der Waals surface area contributed by atoms with Gasteiger partial charge in [0, 0.05) is 88.9 Å². The second kappa shape index (κ2) is 12.6. The van der Waals surface area contributed by atoms with Crippen molar-refractivity contribution in [1.82, 2.24) is 19.6 Å². The van der Waals surface area contributed by atoms with Crippen molar-refractivity contribution in [3.05, 3.63) is 0 Å². The number of carbonyl (C=O) groups excluding carboxylic acids is 2. The van der Waals surface area contributed by atoms with Gasteiger partial charge in [0.2, 0.25) is 0 Å². The van der Waals surface area contributed by atoms with Crippen LogP contribution in [0.15, 0.2) is 0 Å². The molecule has 0 amide bonds. The van der Waals surface area contributed by atoms with Gasteiger partial charge in [0.05, 0.1) is 13.1 Å². The van der Waals surface area contributed by atoms with Crippen molar-refractivity contribution < 1.29 is 9.59 Å². The third-order valence-electron chi connectivity index (χ3n) is 5.21. The lowest BCUT2D eigenvalue weighted by Crippen LogP contribution is -2.52. The van der Waals surface area contributed by atoms with Gasteiger partial charge in [-0.1, -0.05) is 31.9 Å². The largest absolute Gasteiger partial charge is 0.300 e. The summed E-state index contributed by atoms with van der Waals surface area (Å²) in [6.45, 7) is 11.6. The number of alkyl halides is 2. The normalized spacial score (nSPS) is 21.2. The fourth-order valence-electron chi connectivity index (χ4n) is 3.49. The van der Waals surface area contributed by atoms with Gasteiger partial charge in [0.15, 0.2) is 0 Å². The van der Waals surface area contributed by atoms with E-state index in [1.807, 2.05) is 0 Å². The molecule has 0 saturated carbocycles. The lowest BCUT2D eigenvalue weighted by molar-refractivity contribution is -0.121. The van der Waals surface area contributed by atoms with Crippen LogP contribution in [-0.4, -0.2) is 120 Å². The Labute approximate surface area is 174 Å². The highest BCUT2D eigenvalue weighted by molar-refractivity contribution is 9.09. The number of halogens is 2. The summed E-state index contributed by atoms with van der Waals surface area (Å²) in [5.41, 5.74) is 0. The minimum absolute atomic E-state index is 0.336. The summed E-state index contributed by atoms with van der Waals surface area (Å²) in [5, 5.41) is 1.54. The maximum atomic E-state index is 11.7. The Balaban J connectivity index is 1.55. The first-order valence-electron chi connectivity index (χ1n) is 9.65. The standard InChI is InChI=1S/C18H32Br2N4O2/c19-3-1-17(25)15-23-11-7-21(8-12-23)5-6-22-9-13-24(14-10-22)16-18(26)2-4-20/h1-16H2. The molecule has 6 nitrogen and oxygen atoms in total. The van der Waals surface area contributed by atoms with E-state index < -0.39 is 0 Å². The molecular weight excluding hydrogens is 464 g/mol. The molecule has 2 fully saturated rings. The first kappa shape index (κ1) is 22.4. The van der Waals surface area contributed by atoms with Crippen molar-refractivity contribution in [2.24, 2.45) is 0 Å². The van der Waals surface area contributed by atoms with E-state index >= 15 is 0 Å². The zero-order chi connectivity index (χ0) is 18.8. The molecule has 0 atom stereocenters. The number of hydrogen-bond acceptors (Lipinski definition) is 6. The number of piperazine rings is 2. The molecule has 2 aliphatic rings. The molecule has 0 aromatic heterocycles. The maximum Gasteiger partial charge on any atom is 0.147 e. The maximum absolute atomic E-state index is 11.7. The molecule has 0 N–H and O–H groups in total. The molecule has 0 unspecified atom stereocenters. The van der Waals surface area contributed by atoms with Gasteiger partial charge in [-0.3, -0.25) is 29.2 Å². The molecule has 0 aromatic rings. The molecule has 0 aliphatic carbocycles. The number of Topliss-reactive ketones (excluding diaryl/α,β-unsaturated/α-hetero) is 2. The Morgan fingerprint density at radius 2 is 0.885 bits per heavy atom. The van der Waals surface area contributed by atoms with Crippen molar-refractivity contribution in [3.8, 4) is 0 Å². The SMILES string of the molecule is O=C(CCBr)CN1CCN(CCN2CCN(CC(=O)CCBr)CC2)CC1. The van der Waals surface area contributed by atoms with Crippen LogP contribution in [0.5, 0.6) is 0 Å². The van der Waals surface area contributed by atoms with E-state index in [9.17, 15) is 9.59 Å². The second-order valence-corrected chi connectivity index (χ2v) is 8.78. The quantitative estimate of drug-likeness (QED) is 0.397. The summed E-state index contributed by atoms with van der Waals surface area (Å²) >= 11 is 6.66. The number of nitrogens with zero attached hydrogens (tertiary/aromatic N) is 4. The van der Waals surface area contributed by atoms with E-state index in [0.29, 0.717) is 37.5 Å². The van der Waals surface area contributed by atoms with Gasteiger partial charge in [-0.25, -0.2) is 0 Å². The number of carbonyl (C=O) groups is 2. The van der Waals surface area contributed by atoms with Gasteiger partial charge in [0.1, 0.15) is 11.6 Å². The van der Waals surface area contributed by atoms with Crippen LogP contribution in [-0.2, 0) is 9.59 Å². The van der Waals surface area contributed by atoms with Crippen LogP contribution in [0, 0.1) is 0 Å². The smallest absolute Gasteiger partial charge is 0.147 e. The highest BCUT2D eigenvalue weighted by atomic mass is 79.9. The van der Waals surface area contributed by atoms with E-state index in [-0.39, 0.29) is 0 Å². The van der Waals surface area contributed by atoms with Crippen molar-refractivity contribution in [2.75, 3.05) is 89.2 Å². The first-order valence-corrected chi connectivity index (χ1v) is 11.9. The third kappa shape index (κ3) is 8.44. The summed E-state index contributed by atoms with van der Waals surface area (Å²) in [6, 6.07) is 0. The van der Waals surface area contributed by atoms with Crippen molar-refractivity contribution in [1.29, 1.82) is 0 Å². The Bertz CT molecular complexity index is 397. The van der Waals surface area contributed by atoms with Gasteiger partial charge in [-0.15, -0.1) is 0 Å². The Morgan fingerprint density at radius 1 is 0.577 bits per heavy atom. The molecule has 2 rings (SSSR count). The minimum Gasteiger partial charge on any atom is -0.300 e. The van der Waals surface area contributed by atoms with Crippen LogP contribution in [0.3, 0.4) is 0 Å². The predicted octanol–water partition coefficient (Wildman–Crippen LogP) is 0.930. The summed E-state index contributed by atoms with van der Waals surface area (Å²) < 4.78 is 0. The van der Waals surface area contributed by atoms with Crippen molar-refractivity contribution in [3.63, 3.8) is 0 Å². The van der Waals surface area contributed by atoms with Gasteiger partial charge in [-0.05, 0) is 0 Å². The van der Waals surface area contributed by atoms with E-state index in [0.717, 1.165) is 76.1 Å². The fraction of sp³-hybridized carbons (Fsp3) is 0.889. The fourth-order valence-corrected chi connectivity index (χ4v) is 4.38. The first-order chi connectivity index (χ1) is 12.6. The van der Waals surface area contributed by atoms with Crippen LogP contribution in [0.4, 0.5) is 0 Å². The predicted molar refractivity (Wildman–Crippen MR) is 113 cm³/mol. The topological polar surface area (TPSA) is 47.1 Å². The third-order valence-corrected chi connectivity index (χ3v) is 6.00. The number of ketones is 2. The van der Waals surface area contributed by atoms with Crippen molar-refractivity contribution >= 4 is 43.4 Å². The van der Waals surface area contributed by atoms with Crippen molar-refractivity contribution in [2.45, 2.75) is 12.8 Å². The molecule has 0 aromatic carbocycles. The molecule has 0 radical (unpaired) electrons. The molecule has 2 saturated heterocycles. The zero-order valence-electron chi connectivity index (χ0n) is 15.7. The molecular formula is C18H32Br2N4O2. The highest BCUT2D eigenvalue weighted by Gasteiger charge is 2.21. The average Bonchev–Trinajstić information content (AvgIpc) is 2.63. The van der Waals surface area contributed by atoms with Crippen LogP contribution in [0.2, 0.25) is 0 Å². The van der Waals surface area contributed by atoms with Crippen LogP contribution in [0.1, 0.15) is 12.8 Å². The van der Waals surface area contributed by atoms with E-state index in [1.54, 1.807) is 0 Å². The molecule has 2 aliphatic heterocycles. The van der Waals surface area contributed by atoms with Crippen LogP contribution in [0.25, 0.3) is 0 Å². The zero-order valence-corrected chi connectivity index (χ0v) is 18.8. The van der Waals surface area contributed by atoms with E-state index in [1.165, 1.54) is 0 Å². The summed E-state index contributed by atoms with van der Waals surface area (Å²) in [7, 11) is 0. The monoisotopic (exact) mass is 494 g/mol. The molecule has 8 heteroatoms. The highest BCUT2D eigenvalue weighted by Crippen LogP contribution is 2.06. The van der Waals surface area contributed by atoms with E-state index in [2.05, 4.69) is 51.5 Å². The van der Waals surface area contributed by atoms with Gasteiger partial charge >= 0.3 is 0 Å². The Hall–Kier alpha value is 0.140. The molecule has 0 bridgehead atoms. The summed E-state index contributed by atoms with van der Waals surface area (Å²) in [6.07, 6.45) is 1.27. The lowest BCUT2D eigenvalue weighted by atomic mass is 10.2. The second-order valence-electron chi connectivity index (χ2n) is 7.19. The molecule has 26 heavy (non-hydrogen) atoms. The summed E-state index contributed by atoms with van der Waals surface area (Å²) in [5.74, 6) is 0.672. The Morgan fingerprint density at radius 3 is 1.19 bits per heavy atom. The summed E-state index contributed by atoms with van der Waals surface area (Å²) in [4.78, 5) is 33.1. The Kier molecular flexibility index (Phi) is 10.8. The van der Waals surface area contributed by atoms with Gasteiger partial charge in [-0.2, -0.15) is 0 Å². The van der Waals surface area contributed by atoms with Gasteiger partial charge < -0.3 is 0 Å². The van der Waals surface area contributed by atoms with Crippen LogP contribution >= 0.6 is 31.9 Å². The average molecular weight is 496 g/mol. The molecule has 150 valence electrons. The molecule has 2 heterocycles. The molecule has 0 spiro atoms.